The number of rotatable bonds is 5. The number of fused-ring (bicyclic) bond motifs is 2. The molecule has 0 radical (unpaired) electrons. The molecule has 0 saturated heterocycles. The Morgan fingerprint density at radius 3 is 2.63 bits per heavy atom. The van der Waals surface area contributed by atoms with Crippen molar-refractivity contribution in [3.05, 3.63) is 82.8 Å². The fourth-order valence-corrected chi connectivity index (χ4v) is 3.31. The van der Waals surface area contributed by atoms with E-state index in [1.165, 1.54) is 9.95 Å². The molecule has 1 atom stereocenters. The minimum atomic E-state index is -0.438. The molecule has 1 unspecified atom stereocenters. The van der Waals surface area contributed by atoms with Gasteiger partial charge in [-0.2, -0.15) is 0 Å². The maximum Gasteiger partial charge on any atom is 0.419 e. The summed E-state index contributed by atoms with van der Waals surface area (Å²) in [5.74, 6) is -0.542. The molecule has 0 spiro atoms. The maximum atomic E-state index is 12.4. The molecule has 0 aliphatic heterocycles. The number of hydrogen-bond donors (Lipinski definition) is 1. The average Bonchev–Trinajstić information content (AvgIpc) is 3.01. The summed E-state index contributed by atoms with van der Waals surface area (Å²) in [6, 6.07) is 21.4. The van der Waals surface area contributed by atoms with Crippen molar-refractivity contribution in [1.29, 1.82) is 0 Å². The van der Waals surface area contributed by atoms with Gasteiger partial charge >= 0.3 is 5.76 Å². The minimum Gasteiger partial charge on any atom is -0.408 e. The molecule has 1 heterocycles. The molecule has 1 N–H and O–H groups in total. The second-order valence-electron chi connectivity index (χ2n) is 6.63. The highest BCUT2D eigenvalue weighted by molar-refractivity contribution is 5.83. The molecule has 5 heteroatoms. The first-order chi connectivity index (χ1) is 13.1. The lowest BCUT2D eigenvalue weighted by molar-refractivity contribution is -0.121. The molecule has 0 bridgehead atoms. The molecule has 4 aromatic rings. The fourth-order valence-electron chi connectivity index (χ4n) is 3.31. The first kappa shape index (κ1) is 17.1. The van der Waals surface area contributed by atoms with Crippen LogP contribution in [0.5, 0.6) is 0 Å². The highest BCUT2D eigenvalue weighted by Gasteiger charge is 2.13. The zero-order chi connectivity index (χ0) is 18.8. The molecule has 0 fully saturated rings. The fraction of sp³-hybridized carbons (Fsp3) is 0.182. The molecule has 27 heavy (non-hydrogen) atoms. The Morgan fingerprint density at radius 1 is 1.04 bits per heavy atom. The first-order valence-electron chi connectivity index (χ1n) is 8.98. The average molecular weight is 360 g/mol. The summed E-state index contributed by atoms with van der Waals surface area (Å²) in [4.78, 5) is 24.4. The SMILES string of the molecule is CC(NC(=O)CCn1c(=O)oc2ccccc21)c1ccc2ccccc2c1. The van der Waals surface area contributed by atoms with Crippen molar-refractivity contribution < 1.29 is 9.21 Å². The third-order valence-corrected chi connectivity index (χ3v) is 4.79. The van der Waals surface area contributed by atoms with Crippen LogP contribution in [0.4, 0.5) is 0 Å². The van der Waals surface area contributed by atoms with Crippen molar-refractivity contribution in [2.24, 2.45) is 0 Å². The molecule has 5 nitrogen and oxygen atoms in total. The molecule has 0 saturated carbocycles. The summed E-state index contributed by atoms with van der Waals surface area (Å²) in [7, 11) is 0. The lowest BCUT2D eigenvalue weighted by Crippen LogP contribution is -2.28. The van der Waals surface area contributed by atoms with Crippen LogP contribution >= 0.6 is 0 Å². The van der Waals surface area contributed by atoms with E-state index in [1.807, 2.05) is 43.3 Å². The second kappa shape index (κ2) is 7.11. The van der Waals surface area contributed by atoms with E-state index in [-0.39, 0.29) is 24.9 Å². The number of carbonyl (C=O) groups is 1. The Hall–Kier alpha value is -3.34. The summed E-state index contributed by atoms with van der Waals surface area (Å²) in [6.45, 7) is 2.24. The number of benzene rings is 3. The number of nitrogens with zero attached hydrogens (tertiary/aromatic N) is 1. The lowest BCUT2D eigenvalue weighted by Gasteiger charge is -2.15. The van der Waals surface area contributed by atoms with E-state index in [9.17, 15) is 9.59 Å². The molecule has 1 aromatic heterocycles. The molecule has 136 valence electrons. The van der Waals surface area contributed by atoms with Gasteiger partial charge in [-0.05, 0) is 41.5 Å². The highest BCUT2D eigenvalue weighted by Crippen LogP contribution is 2.20. The zero-order valence-corrected chi connectivity index (χ0v) is 15.0. The number of aryl methyl sites for hydroxylation is 1. The van der Waals surface area contributed by atoms with Gasteiger partial charge in [0, 0.05) is 13.0 Å². The van der Waals surface area contributed by atoms with Crippen LogP contribution in [0.3, 0.4) is 0 Å². The van der Waals surface area contributed by atoms with E-state index in [1.54, 1.807) is 6.07 Å². The monoisotopic (exact) mass is 360 g/mol. The quantitative estimate of drug-likeness (QED) is 0.585. The van der Waals surface area contributed by atoms with Gasteiger partial charge in [0.2, 0.25) is 5.91 Å². The van der Waals surface area contributed by atoms with Crippen LogP contribution in [-0.4, -0.2) is 10.5 Å². The van der Waals surface area contributed by atoms with Crippen LogP contribution in [0, 0.1) is 0 Å². The number of amides is 1. The largest absolute Gasteiger partial charge is 0.419 e. The highest BCUT2D eigenvalue weighted by atomic mass is 16.4. The van der Waals surface area contributed by atoms with Crippen LogP contribution < -0.4 is 11.1 Å². The predicted octanol–water partition coefficient (Wildman–Crippen LogP) is 4.02. The summed E-state index contributed by atoms with van der Waals surface area (Å²) in [6.07, 6.45) is 0.210. The topological polar surface area (TPSA) is 64.2 Å². The third-order valence-electron chi connectivity index (χ3n) is 4.79. The number of para-hydroxylation sites is 2. The van der Waals surface area contributed by atoms with Gasteiger partial charge in [0.25, 0.3) is 0 Å². The number of carbonyl (C=O) groups excluding carboxylic acids is 1. The van der Waals surface area contributed by atoms with Gasteiger partial charge in [0.05, 0.1) is 11.6 Å². The van der Waals surface area contributed by atoms with Crippen LogP contribution in [0.1, 0.15) is 24.9 Å². The van der Waals surface area contributed by atoms with Gasteiger partial charge < -0.3 is 9.73 Å². The smallest absolute Gasteiger partial charge is 0.408 e. The Bertz CT molecular complexity index is 1170. The van der Waals surface area contributed by atoms with Crippen molar-refractivity contribution >= 4 is 27.8 Å². The minimum absolute atomic E-state index is 0.104. The number of hydrogen-bond acceptors (Lipinski definition) is 3. The molecule has 1 amide bonds. The Kier molecular flexibility index (Phi) is 4.50. The van der Waals surface area contributed by atoms with Gasteiger partial charge in [0.15, 0.2) is 5.58 Å². The van der Waals surface area contributed by atoms with E-state index in [2.05, 4.69) is 29.6 Å². The van der Waals surface area contributed by atoms with Gasteiger partial charge in [0.1, 0.15) is 0 Å². The van der Waals surface area contributed by atoms with Crippen molar-refractivity contribution in [3.63, 3.8) is 0 Å². The van der Waals surface area contributed by atoms with Gasteiger partial charge in [-0.25, -0.2) is 4.79 Å². The Labute approximate surface area is 156 Å². The zero-order valence-electron chi connectivity index (χ0n) is 15.0. The molecule has 0 aliphatic rings. The predicted molar refractivity (Wildman–Crippen MR) is 106 cm³/mol. The summed E-state index contributed by atoms with van der Waals surface area (Å²) in [5.41, 5.74) is 2.29. The van der Waals surface area contributed by atoms with E-state index in [0.29, 0.717) is 11.1 Å². The second-order valence-corrected chi connectivity index (χ2v) is 6.63. The number of aromatic nitrogens is 1. The molecular formula is C22H20N2O3. The summed E-state index contributed by atoms with van der Waals surface area (Å²) < 4.78 is 6.69. The van der Waals surface area contributed by atoms with Crippen molar-refractivity contribution in [2.45, 2.75) is 25.9 Å². The van der Waals surface area contributed by atoms with Crippen molar-refractivity contribution in [1.82, 2.24) is 9.88 Å². The Balaban J connectivity index is 1.43. The van der Waals surface area contributed by atoms with E-state index in [0.717, 1.165) is 10.9 Å². The maximum absolute atomic E-state index is 12.4. The van der Waals surface area contributed by atoms with Crippen molar-refractivity contribution in [2.75, 3.05) is 0 Å². The molecule has 3 aromatic carbocycles. The standard InChI is InChI=1S/C22H20N2O3/c1-15(17-11-10-16-6-2-3-7-18(16)14-17)23-21(25)12-13-24-19-8-4-5-9-20(19)27-22(24)26/h2-11,14-15H,12-13H2,1H3,(H,23,25). The van der Waals surface area contributed by atoms with E-state index < -0.39 is 5.76 Å². The van der Waals surface area contributed by atoms with Crippen LogP contribution in [0.2, 0.25) is 0 Å². The van der Waals surface area contributed by atoms with E-state index in [4.69, 9.17) is 4.42 Å². The molecular weight excluding hydrogens is 340 g/mol. The van der Waals surface area contributed by atoms with E-state index >= 15 is 0 Å². The first-order valence-corrected chi connectivity index (χ1v) is 8.98. The molecule has 0 aliphatic carbocycles. The number of oxazole rings is 1. The number of nitrogens with one attached hydrogen (secondary N) is 1. The van der Waals surface area contributed by atoms with Gasteiger partial charge in [-0.15, -0.1) is 0 Å². The Morgan fingerprint density at radius 2 is 1.78 bits per heavy atom. The lowest BCUT2D eigenvalue weighted by atomic mass is 10.0. The van der Waals surface area contributed by atoms with Gasteiger partial charge in [-0.3, -0.25) is 9.36 Å². The summed E-state index contributed by atoms with van der Waals surface area (Å²) >= 11 is 0. The third kappa shape index (κ3) is 3.49. The normalized spacial score (nSPS) is 12.3. The van der Waals surface area contributed by atoms with Crippen LogP contribution in [-0.2, 0) is 11.3 Å². The van der Waals surface area contributed by atoms with Gasteiger partial charge in [-0.1, -0.05) is 48.5 Å². The molecule has 4 rings (SSSR count). The van der Waals surface area contributed by atoms with Crippen LogP contribution in [0.25, 0.3) is 21.9 Å². The van der Waals surface area contributed by atoms with Crippen molar-refractivity contribution in [3.8, 4) is 0 Å². The van der Waals surface area contributed by atoms with Crippen LogP contribution in [0.15, 0.2) is 75.9 Å². The summed E-state index contributed by atoms with van der Waals surface area (Å²) in [5, 5.41) is 5.32.